The number of aryl methyl sites for hydroxylation is 1. The number of hydrogen-bond acceptors (Lipinski definition) is 3. The molecule has 0 bridgehead atoms. The zero-order valence-electron chi connectivity index (χ0n) is 16.8. The summed E-state index contributed by atoms with van der Waals surface area (Å²) in [5.74, 6) is 0.391. The molecule has 0 spiro atoms. The first-order chi connectivity index (χ1) is 14.9. The minimum atomic E-state index is -0.165. The first kappa shape index (κ1) is 21.9. The average molecular weight is 516 g/mol. The van der Waals surface area contributed by atoms with E-state index < -0.39 is 0 Å². The number of carbonyl (C=O) groups excluding carboxylic acids is 2. The number of nitrogens with zero attached hydrogens (tertiary/aromatic N) is 1. The van der Waals surface area contributed by atoms with Gasteiger partial charge in [0.05, 0.1) is 5.75 Å². The summed E-state index contributed by atoms with van der Waals surface area (Å²) in [6.45, 7) is 2.50. The lowest BCUT2D eigenvalue weighted by Crippen LogP contribution is -2.27. The SMILES string of the molecule is Cc1cc(NC(=O)c2ccc([C@H]3SCC(=O)N3Cc3ccc(Cl)cc3)cc2)ccc1Br. The second-order valence-corrected chi connectivity index (χ2v) is 9.71. The van der Waals surface area contributed by atoms with E-state index in [1.165, 1.54) is 0 Å². The van der Waals surface area contributed by atoms with Crippen LogP contribution < -0.4 is 5.32 Å². The first-order valence-corrected chi connectivity index (χ1v) is 12.0. The fourth-order valence-electron chi connectivity index (χ4n) is 3.41. The van der Waals surface area contributed by atoms with E-state index in [9.17, 15) is 9.59 Å². The fraction of sp³-hybridized carbons (Fsp3) is 0.167. The van der Waals surface area contributed by atoms with E-state index in [-0.39, 0.29) is 17.2 Å². The molecule has 1 fully saturated rings. The Morgan fingerprint density at radius 1 is 1.13 bits per heavy atom. The number of nitrogens with one attached hydrogen (secondary N) is 1. The number of carbonyl (C=O) groups is 2. The summed E-state index contributed by atoms with van der Waals surface area (Å²) in [7, 11) is 0. The van der Waals surface area contributed by atoms with Crippen molar-refractivity contribution in [2.24, 2.45) is 0 Å². The lowest BCUT2D eigenvalue weighted by Gasteiger charge is -2.24. The van der Waals surface area contributed by atoms with Gasteiger partial charge >= 0.3 is 0 Å². The number of thioether (sulfide) groups is 1. The number of rotatable bonds is 5. The summed E-state index contributed by atoms with van der Waals surface area (Å²) in [6.07, 6.45) is 0. The minimum absolute atomic E-state index is 0.0746. The van der Waals surface area contributed by atoms with E-state index in [2.05, 4.69) is 21.2 Å². The van der Waals surface area contributed by atoms with Crippen LogP contribution in [0.3, 0.4) is 0 Å². The minimum Gasteiger partial charge on any atom is -0.322 e. The van der Waals surface area contributed by atoms with Crippen LogP contribution in [0.4, 0.5) is 5.69 Å². The molecule has 1 heterocycles. The molecule has 1 aliphatic heterocycles. The second kappa shape index (κ2) is 9.47. The summed E-state index contributed by atoms with van der Waals surface area (Å²) < 4.78 is 1.00. The molecule has 4 rings (SSSR count). The van der Waals surface area contributed by atoms with Gasteiger partial charge in [0.2, 0.25) is 5.91 Å². The Bertz CT molecular complexity index is 1120. The summed E-state index contributed by atoms with van der Waals surface area (Å²) in [5.41, 5.74) is 4.41. The number of hydrogen-bond donors (Lipinski definition) is 1. The number of benzene rings is 3. The highest BCUT2D eigenvalue weighted by Crippen LogP contribution is 2.39. The molecule has 1 saturated heterocycles. The van der Waals surface area contributed by atoms with Gasteiger partial charge in [-0.05, 0) is 66.1 Å². The molecular formula is C24H20BrClN2O2S. The van der Waals surface area contributed by atoms with E-state index >= 15 is 0 Å². The van der Waals surface area contributed by atoms with Crippen molar-refractivity contribution in [2.75, 3.05) is 11.1 Å². The lowest BCUT2D eigenvalue weighted by molar-refractivity contribution is -0.128. The smallest absolute Gasteiger partial charge is 0.255 e. The van der Waals surface area contributed by atoms with Crippen molar-refractivity contribution in [3.63, 3.8) is 0 Å². The molecule has 31 heavy (non-hydrogen) atoms. The maximum Gasteiger partial charge on any atom is 0.255 e. The molecule has 3 aromatic rings. The molecule has 0 aliphatic carbocycles. The van der Waals surface area contributed by atoms with E-state index in [1.54, 1.807) is 23.9 Å². The molecule has 0 radical (unpaired) electrons. The standard InChI is InChI=1S/C24H20BrClN2O2S/c1-15-12-20(10-11-21(15)25)27-23(30)17-4-6-18(7-5-17)24-28(22(29)14-31-24)13-16-2-8-19(26)9-3-16/h2-12,24H,13-14H2,1H3,(H,27,30)/t24-/m1/s1. The van der Waals surface area contributed by atoms with Crippen molar-refractivity contribution in [3.8, 4) is 0 Å². The molecule has 7 heteroatoms. The Labute approximate surface area is 199 Å². The van der Waals surface area contributed by atoms with E-state index in [0.29, 0.717) is 22.9 Å². The molecule has 3 aromatic carbocycles. The molecule has 0 saturated carbocycles. The van der Waals surface area contributed by atoms with Gasteiger partial charge in [-0.3, -0.25) is 9.59 Å². The van der Waals surface area contributed by atoms with E-state index in [4.69, 9.17) is 11.6 Å². The van der Waals surface area contributed by atoms with Crippen LogP contribution in [-0.2, 0) is 11.3 Å². The van der Waals surface area contributed by atoms with E-state index in [0.717, 1.165) is 26.9 Å². The molecule has 1 N–H and O–H groups in total. The van der Waals surface area contributed by atoms with Gasteiger partial charge < -0.3 is 10.2 Å². The number of anilines is 1. The van der Waals surface area contributed by atoms with Crippen LogP contribution in [-0.4, -0.2) is 22.5 Å². The molecule has 1 aliphatic rings. The Kier molecular flexibility index (Phi) is 6.70. The van der Waals surface area contributed by atoms with Gasteiger partial charge in [0.1, 0.15) is 5.37 Å². The molecule has 0 aromatic heterocycles. The topological polar surface area (TPSA) is 49.4 Å². The number of amides is 2. The third-order valence-electron chi connectivity index (χ3n) is 5.11. The highest BCUT2D eigenvalue weighted by molar-refractivity contribution is 9.10. The van der Waals surface area contributed by atoms with Crippen LogP contribution in [0, 0.1) is 6.92 Å². The molecular weight excluding hydrogens is 496 g/mol. The Hall–Kier alpha value is -2.28. The molecule has 1 atom stereocenters. The molecule has 2 amide bonds. The van der Waals surface area contributed by atoms with Crippen molar-refractivity contribution < 1.29 is 9.59 Å². The lowest BCUT2D eigenvalue weighted by atomic mass is 10.1. The maximum absolute atomic E-state index is 12.6. The third kappa shape index (κ3) is 5.14. The van der Waals surface area contributed by atoms with Crippen molar-refractivity contribution in [3.05, 3.63) is 98.5 Å². The largest absolute Gasteiger partial charge is 0.322 e. The zero-order chi connectivity index (χ0) is 22.0. The van der Waals surface area contributed by atoms with Gasteiger partial charge in [-0.25, -0.2) is 0 Å². The summed E-state index contributed by atoms with van der Waals surface area (Å²) >= 11 is 11.0. The van der Waals surface area contributed by atoms with Crippen LogP contribution in [0.15, 0.2) is 71.2 Å². The van der Waals surface area contributed by atoms with Crippen LogP contribution >= 0.6 is 39.3 Å². The Morgan fingerprint density at radius 3 is 2.52 bits per heavy atom. The van der Waals surface area contributed by atoms with E-state index in [1.807, 2.05) is 66.4 Å². The monoisotopic (exact) mass is 514 g/mol. The third-order valence-corrected chi connectivity index (χ3v) is 7.51. The predicted octanol–water partition coefficient (Wildman–Crippen LogP) is 6.44. The normalized spacial score (nSPS) is 15.9. The van der Waals surface area contributed by atoms with Gasteiger partial charge in [0, 0.05) is 27.3 Å². The van der Waals surface area contributed by atoms with Gasteiger partial charge in [-0.15, -0.1) is 11.8 Å². The first-order valence-electron chi connectivity index (χ1n) is 9.74. The Morgan fingerprint density at radius 2 is 1.84 bits per heavy atom. The molecule has 4 nitrogen and oxygen atoms in total. The van der Waals surface area contributed by atoms with Gasteiger partial charge in [0.15, 0.2) is 0 Å². The number of halogens is 2. The van der Waals surface area contributed by atoms with Crippen LogP contribution in [0.1, 0.15) is 32.4 Å². The van der Waals surface area contributed by atoms with Crippen molar-refractivity contribution >= 4 is 56.8 Å². The molecule has 0 unspecified atom stereocenters. The van der Waals surface area contributed by atoms with Crippen molar-refractivity contribution in [1.82, 2.24) is 4.90 Å². The van der Waals surface area contributed by atoms with Crippen LogP contribution in [0.5, 0.6) is 0 Å². The van der Waals surface area contributed by atoms with Gasteiger partial charge in [-0.2, -0.15) is 0 Å². The second-order valence-electron chi connectivity index (χ2n) is 7.35. The summed E-state index contributed by atoms with van der Waals surface area (Å²) in [6, 6.07) is 20.7. The molecule has 158 valence electrons. The van der Waals surface area contributed by atoms with Crippen molar-refractivity contribution in [2.45, 2.75) is 18.8 Å². The highest BCUT2D eigenvalue weighted by atomic mass is 79.9. The highest BCUT2D eigenvalue weighted by Gasteiger charge is 2.32. The zero-order valence-corrected chi connectivity index (χ0v) is 19.9. The van der Waals surface area contributed by atoms with Crippen LogP contribution in [0.25, 0.3) is 0 Å². The summed E-state index contributed by atoms with van der Waals surface area (Å²) in [4.78, 5) is 27.0. The average Bonchev–Trinajstić information content (AvgIpc) is 3.12. The summed E-state index contributed by atoms with van der Waals surface area (Å²) in [5, 5.41) is 3.53. The van der Waals surface area contributed by atoms with Crippen LogP contribution in [0.2, 0.25) is 5.02 Å². The quantitative estimate of drug-likeness (QED) is 0.425. The fourth-order valence-corrected chi connectivity index (χ4v) is 4.97. The predicted molar refractivity (Wildman–Crippen MR) is 130 cm³/mol. The Balaban J connectivity index is 1.47. The maximum atomic E-state index is 12.6. The van der Waals surface area contributed by atoms with Crippen molar-refractivity contribution in [1.29, 1.82) is 0 Å². The van der Waals surface area contributed by atoms with Gasteiger partial charge in [0.25, 0.3) is 5.91 Å². The van der Waals surface area contributed by atoms with Gasteiger partial charge in [-0.1, -0.05) is 51.8 Å².